The topological polar surface area (TPSA) is 63.2 Å². The van der Waals surface area contributed by atoms with Gasteiger partial charge in [-0.25, -0.2) is 8.42 Å². The van der Waals surface area contributed by atoms with E-state index in [1.54, 1.807) is 0 Å². The average molecular weight is 253 g/mol. The number of nitrogens with one attached hydrogen (secondary N) is 1. The molecule has 0 aliphatic carbocycles. The smallest absolute Gasteiger partial charge is 0.233 e. The molecule has 6 heteroatoms. The summed E-state index contributed by atoms with van der Waals surface area (Å²) >= 11 is 4.15. The molecule has 0 aromatic heterocycles. The summed E-state index contributed by atoms with van der Waals surface area (Å²) in [5.74, 6) is 0.136. The molecule has 0 fully saturated rings. The second-order valence-electron chi connectivity index (χ2n) is 3.96. The van der Waals surface area contributed by atoms with Gasteiger partial charge in [0, 0.05) is 12.8 Å². The van der Waals surface area contributed by atoms with Gasteiger partial charge < -0.3 is 5.32 Å². The molecule has 15 heavy (non-hydrogen) atoms. The summed E-state index contributed by atoms with van der Waals surface area (Å²) in [5, 5.41) is 2.33. The van der Waals surface area contributed by atoms with Gasteiger partial charge in [-0.3, -0.25) is 4.79 Å². The standard InChI is InChI=1S/C9H19NO3S2/c1-7(2)8(14)9(11)10-5-4-6-15(3,12)13/h7-8,14H,4-6H2,1-3H3,(H,10,11). The molecule has 0 heterocycles. The zero-order valence-corrected chi connectivity index (χ0v) is 11.1. The molecule has 0 spiro atoms. The predicted octanol–water partition coefficient (Wildman–Crippen LogP) is 0.492. The largest absolute Gasteiger partial charge is 0.355 e. The number of carbonyl (C=O) groups excluding carboxylic acids is 1. The van der Waals surface area contributed by atoms with E-state index in [1.165, 1.54) is 6.26 Å². The summed E-state index contributed by atoms with van der Waals surface area (Å²) in [6.07, 6.45) is 1.63. The summed E-state index contributed by atoms with van der Waals surface area (Å²) in [5.41, 5.74) is 0. The summed E-state index contributed by atoms with van der Waals surface area (Å²) in [7, 11) is -2.93. The van der Waals surface area contributed by atoms with Crippen molar-refractivity contribution in [2.45, 2.75) is 25.5 Å². The normalized spacial score (nSPS) is 13.9. The zero-order chi connectivity index (χ0) is 12.1. The summed E-state index contributed by atoms with van der Waals surface area (Å²) in [4.78, 5) is 11.4. The molecule has 1 atom stereocenters. The van der Waals surface area contributed by atoms with Gasteiger partial charge in [-0.2, -0.15) is 12.6 Å². The van der Waals surface area contributed by atoms with E-state index in [0.717, 1.165) is 0 Å². The Bertz CT molecular complexity index is 298. The molecule has 1 N–H and O–H groups in total. The van der Waals surface area contributed by atoms with Crippen molar-refractivity contribution in [3.63, 3.8) is 0 Å². The van der Waals surface area contributed by atoms with Gasteiger partial charge in [-0.1, -0.05) is 13.8 Å². The second kappa shape index (κ2) is 6.37. The first-order valence-electron chi connectivity index (χ1n) is 4.87. The van der Waals surface area contributed by atoms with Gasteiger partial charge in [0.1, 0.15) is 9.84 Å². The molecular formula is C9H19NO3S2. The van der Waals surface area contributed by atoms with Gasteiger partial charge in [-0.05, 0) is 12.3 Å². The van der Waals surface area contributed by atoms with Crippen molar-refractivity contribution in [3.8, 4) is 0 Å². The number of sulfone groups is 1. The first-order chi connectivity index (χ1) is 6.74. The molecule has 0 rings (SSSR count). The highest BCUT2D eigenvalue weighted by Crippen LogP contribution is 2.08. The Morgan fingerprint density at radius 3 is 2.33 bits per heavy atom. The van der Waals surface area contributed by atoms with Gasteiger partial charge in [0.25, 0.3) is 0 Å². The molecule has 0 aliphatic rings. The predicted molar refractivity (Wildman–Crippen MR) is 64.9 cm³/mol. The Balaban J connectivity index is 3.74. The van der Waals surface area contributed by atoms with Crippen molar-refractivity contribution < 1.29 is 13.2 Å². The molecule has 0 saturated carbocycles. The minimum absolute atomic E-state index is 0.103. The summed E-state index contributed by atoms with van der Waals surface area (Å²) in [6.45, 7) is 4.21. The van der Waals surface area contributed by atoms with E-state index < -0.39 is 9.84 Å². The highest BCUT2D eigenvalue weighted by atomic mass is 32.2. The van der Waals surface area contributed by atoms with Crippen LogP contribution in [-0.4, -0.2) is 38.1 Å². The van der Waals surface area contributed by atoms with Crippen molar-refractivity contribution in [3.05, 3.63) is 0 Å². The van der Waals surface area contributed by atoms with E-state index in [-0.39, 0.29) is 22.8 Å². The lowest BCUT2D eigenvalue weighted by Gasteiger charge is -2.14. The molecule has 90 valence electrons. The molecule has 0 aliphatic heterocycles. The van der Waals surface area contributed by atoms with E-state index in [2.05, 4.69) is 17.9 Å². The third-order valence-electron chi connectivity index (χ3n) is 1.89. The molecule has 0 aromatic carbocycles. The lowest BCUT2D eigenvalue weighted by molar-refractivity contribution is -0.121. The number of amides is 1. The van der Waals surface area contributed by atoms with Crippen molar-refractivity contribution in [2.75, 3.05) is 18.6 Å². The first kappa shape index (κ1) is 14.8. The lowest BCUT2D eigenvalue weighted by atomic mass is 10.1. The summed E-state index contributed by atoms with van der Waals surface area (Å²) < 4.78 is 21.6. The number of carbonyl (C=O) groups is 1. The average Bonchev–Trinajstić information content (AvgIpc) is 2.09. The van der Waals surface area contributed by atoms with Crippen LogP contribution in [0, 0.1) is 5.92 Å². The monoisotopic (exact) mass is 253 g/mol. The van der Waals surface area contributed by atoms with Crippen LogP contribution in [0.5, 0.6) is 0 Å². The maximum atomic E-state index is 11.4. The van der Waals surface area contributed by atoms with E-state index in [4.69, 9.17) is 0 Å². The Morgan fingerprint density at radius 2 is 1.93 bits per heavy atom. The quantitative estimate of drug-likeness (QED) is 0.535. The Labute approximate surface area is 97.2 Å². The molecular weight excluding hydrogens is 234 g/mol. The molecule has 1 amide bonds. The highest BCUT2D eigenvalue weighted by molar-refractivity contribution is 7.90. The minimum Gasteiger partial charge on any atom is -0.355 e. The second-order valence-corrected chi connectivity index (χ2v) is 6.78. The third-order valence-corrected chi connectivity index (χ3v) is 3.75. The van der Waals surface area contributed by atoms with Crippen LogP contribution >= 0.6 is 12.6 Å². The van der Waals surface area contributed by atoms with Crippen molar-refractivity contribution in [1.29, 1.82) is 0 Å². The van der Waals surface area contributed by atoms with E-state index >= 15 is 0 Å². The maximum absolute atomic E-state index is 11.4. The first-order valence-corrected chi connectivity index (χ1v) is 7.45. The molecule has 1 unspecified atom stereocenters. The van der Waals surface area contributed by atoms with Crippen LogP contribution < -0.4 is 5.32 Å². The molecule has 0 radical (unpaired) electrons. The molecule has 4 nitrogen and oxygen atoms in total. The minimum atomic E-state index is -2.93. The van der Waals surface area contributed by atoms with E-state index in [1.807, 2.05) is 13.8 Å². The van der Waals surface area contributed by atoms with Gasteiger partial charge in [0.15, 0.2) is 0 Å². The van der Waals surface area contributed by atoms with Crippen LogP contribution in [0.4, 0.5) is 0 Å². The van der Waals surface area contributed by atoms with E-state index in [0.29, 0.717) is 13.0 Å². The fraction of sp³-hybridized carbons (Fsp3) is 0.889. The Morgan fingerprint density at radius 1 is 1.40 bits per heavy atom. The van der Waals surface area contributed by atoms with Gasteiger partial charge in [0.05, 0.1) is 11.0 Å². The van der Waals surface area contributed by atoms with Crippen molar-refractivity contribution in [2.24, 2.45) is 5.92 Å². The number of thiol groups is 1. The van der Waals surface area contributed by atoms with Gasteiger partial charge >= 0.3 is 0 Å². The van der Waals surface area contributed by atoms with Gasteiger partial charge in [-0.15, -0.1) is 0 Å². The van der Waals surface area contributed by atoms with Crippen LogP contribution in [0.3, 0.4) is 0 Å². The van der Waals surface area contributed by atoms with Crippen LogP contribution in [0.2, 0.25) is 0 Å². The fourth-order valence-electron chi connectivity index (χ4n) is 0.953. The van der Waals surface area contributed by atoms with Crippen molar-refractivity contribution in [1.82, 2.24) is 5.32 Å². The van der Waals surface area contributed by atoms with Crippen LogP contribution in [0.1, 0.15) is 20.3 Å². The van der Waals surface area contributed by atoms with E-state index in [9.17, 15) is 13.2 Å². The maximum Gasteiger partial charge on any atom is 0.233 e. The van der Waals surface area contributed by atoms with Gasteiger partial charge in [0.2, 0.25) is 5.91 Å². The third kappa shape index (κ3) is 7.67. The molecule has 0 bridgehead atoms. The number of rotatable bonds is 6. The SMILES string of the molecule is CC(C)C(S)C(=O)NCCCS(C)(=O)=O. The number of hydrogen-bond donors (Lipinski definition) is 2. The van der Waals surface area contributed by atoms with Crippen molar-refractivity contribution >= 4 is 28.4 Å². The molecule has 0 saturated heterocycles. The number of hydrogen-bond acceptors (Lipinski definition) is 4. The highest BCUT2D eigenvalue weighted by Gasteiger charge is 2.16. The van der Waals surface area contributed by atoms with Crippen LogP contribution in [0.15, 0.2) is 0 Å². The summed E-state index contributed by atoms with van der Waals surface area (Å²) in [6, 6.07) is 0. The molecule has 0 aromatic rings. The van der Waals surface area contributed by atoms with Crippen LogP contribution in [-0.2, 0) is 14.6 Å². The Kier molecular flexibility index (Phi) is 6.28. The van der Waals surface area contributed by atoms with Crippen LogP contribution in [0.25, 0.3) is 0 Å². The zero-order valence-electron chi connectivity index (χ0n) is 9.36. The fourth-order valence-corrected chi connectivity index (χ4v) is 1.71. The Hall–Kier alpha value is -0.230. The lowest BCUT2D eigenvalue weighted by Crippen LogP contribution is -2.35.